The maximum absolute atomic E-state index is 12.2. The van der Waals surface area contributed by atoms with Crippen molar-refractivity contribution in [2.45, 2.75) is 6.61 Å². The lowest BCUT2D eigenvalue weighted by Gasteiger charge is -2.11. The number of nitrogens with zero attached hydrogens (tertiary/aromatic N) is 2. The Kier molecular flexibility index (Phi) is 8.26. The minimum Gasteiger partial charge on any atom is -0.507 e. The zero-order valence-corrected chi connectivity index (χ0v) is 21.2. The third kappa shape index (κ3) is 6.29. The number of nitro groups is 1. The molecule has 0 bridgehead atoms. The van der Waals surface area contributed by atoms with E-state index in [-0.39, 0.29) is 17.0 Å². The molecule has 0 spiro atoms. The van der Waals surface area contributed by atoms with Crippen molar-refractivity contribution < 1.29 is 19.6 Å². The van der Waals surface area contributed by atoms with E-state index < -0.39 is 10.8 Å². The van der Waals surface area contributed by atoms with Gasteiger partial charge in [-0.25, -0.2) is 5.43 Å². The minimum absolute atomic E-state index is 0.244. The van der Waals surface area contributed by atoms with Gasteiger partial charge in [0.1, 0.15) is 18.1 Å². The predicted octanol–water partition coefficient (Wildman–Crippen LogP) is 5.51. The van der Waals surface area contributed by atoms with Crippen molar-refractivity contribution in [3.8, 4) is 11.5 Å². The highest BCUT2D eigenvalue weighted by molar-refractivity contribution is 14.1. The van der Waals surface area contributed by atoms with Crippen molar-refractivity contribution in [3.63, 3.8) is 0 Å². The summed E-state index contributed by atoms with van der Waals surface area (Å²) >= 11 is 10.2. The fraction of sp³-hybridized carbons (Fsp3) is 0.0476. The average Bonchev–Trinajstić information content (AvgIpc) is 2.74. The predicted molar refractivity (Wildman–Crippen MR) is 137 cm³/mol. The fourth-order valence-corrected chi connectivity index (χ4v) is 4.83. The van der Waals surface area contributed by atoms with Crippen molar-refractivity contribution in [1.82, 2.24) is 5.43 Å². The van der Waals surface area contributed by atoms with E-state index >= 15 is 0 Å². The van der Waals surface area contributed by atoms with Crippen LogP contribution in [0.3, 0.4) is 0 Å². The Bertz CT molecular complexity index is 1180. The average molecular weight is 678 g/mol. The van der Waals surface area contributed by atoms with E-state index in [2.05, 4.69) is 55.7 Å². The molecular formula is C21H14ClI2N3O5. The topological polar surface area (TPSA) is 114 Å². The van der Waals surface area contributed by atoms with E-state index in [1.165, 1.54) is 6.21 Å². The van der Waals surface area contributed by atoms with E-state index in [4.69, 9.17) is 16.3 Å². The summed E-state index contributed by atoms with van der Waals surface area (Å²) in [7, 11) is 0. The van der Waals surface area contributed by atoms with Crippen LogP contribution >= 0.6 is 56.8 Å². The van der Waals surface area contributed by atoms with Crippen molar-refractivity contribution >= 4 is 74.6 Å². The van der Waals surface area contributed by atoms with Crippen LogP contribution in [0.25, 0.3) is 0 Å². The summed E-state index contributed by atoms with van der Waals surface area (Å²) in [6, 6.07) is 14.2. The highest BCUT2D eigenvalue weighted by Crippen LogP contribution is 2.29. The standard InChI is InChI=1S/C21H14ClI2N3O5/c22-14-3-1-12(2-4-14)11-32-20-17(23)7-13(8-18(20)24)10-25-26-21(29)16-9-15(27(30)31)5-6-19(16)28/h1-10,28H,11H2,(H,26,29)/b25-10-. The SMILES string of the molecule is O=C(N/N=C\c1cc(I)c(OCc2ccc(Cl)cc2)c(I)c1)c1cc([N+](=O)[O-])ccc1O. The maximum atomic E-state index is 12.2. The van der Waals surface area contributed by atoms with Gasteiger partial charge in [-0.2, -0.15) is 5.10 Å². The Morgan fingerprint density at radius 2 is 1.81 bits per heavy atom. The van der Waals surface area contributed by atoms with E-state index in [0.29, 0.717) is 17.2 Å². The van der Waals surface area contributed by atoms with Gasteiger partial charge in [-0.15, -0.1) is 0 Å². The lowest BCUT2D eigenvalue weighted by atomic mass is 10.1. The van der Waals surface area contributed by atoms with Gasteiger partial charge in [0, 0.05) is 17.2 Å². The molecule has 0 aliphatic carbocycles. The van der Waals surface area contributed by atoms with Crippen molar-refractivity contribution in [2.75, 3.05) is 0 Å². The number of aromatic hydroxyl groups is 1. The first-order valence-corrected chi connectivity index (χ1v) is 11.4. The summed E-state index contributed by atoms with van der Waals surface area (Å²) in [5, 5.41) is 25.2. The Labute approximate surface area is 215 Å². The molecule has 0 saturated carbocycles. The molecule has 0 saturated heterocycles. The molecule has 8 nitrogen and oxygen atoms in total. The van der Waals surface area contributed by atoms with Gasteiger partial charge >= 0.3 is 0 Å². The summed E-state index contributed by atoms with van der Waals surface area (Å²) in [5.74, 6) is -0.423. The molecule has 0 heterocycles. The molecule has 0 radical (unpaired) electrons. The van der Waals surface area contributed by atoms with E-state index in [1.54, 1.807) is 12.1 Å². The number of hydrazone groups is 1. The first kappa shape index (κ1) is 24.2. The largest absolute Gasteiger partial charge is 0.507 e. The number of carbonyl (C=O) groups excluding carboxylic acids is 1. The van der Waals surface area contributed by atoms with Crippen molar-refractivity contribution in [1.29, 1.82) is 0 Å². The molecule has 0 aliphatic rings. The first-order valence-electron chi connectivity index (χ1n) is 8.91. The van der Waals surface area contributed by atoms with Gasteiger partial charge in [0.15, 0.2) is 0 Å². The molecule has 164 valence electrons. The Hall–Kier alpha value is -2.45. The number of carbonyl (C=O) groups is 1. The third-order valence-corrected chi connectivity index (χ3v) is 5.99. The van der Waals surface area contributed by atoms with Crippen LogP contribution in [0.15, 0.2) is 59.7 Å². The smallest absolute Gasteiger partial charge is 0.275 e. The van der Waals surface area contributed by atoms with Gasteiger partial charge in [0.25, 0.3) is 11.6 Å². The molecule has 3 aromatic carbocycles. The molecule has 32 heavy (non-hydrogen) atoms. The highest BCUT2D eigenvalue weighted by Gasteiger charge is 2.16. The second kappa shape index (κ2) is 10.9. The van der Waals surface area contributed by atoms with Crippen molar-refractivity contribution in [3.05, 3.63) is 93.6 Å². The van der Waals surface area contributed by atoms with Gasteiger partial charge in [-0.3, -0.25) is 14.9 Å². The van der Waals surface area contributed by atoms with Crippen LogP contribution in [0.1, 0.15) is 21.5 Å². The molecule has 3 rings (SSSR count). The number of ether oxygens (including phenoxy) is 1. The second-order valence-corrected chi connectivity index (χ2v) is 9.15. The number of phenols is 1. The molecule has 11 heteroatoms. The Morgan fingerprint density at radius 1 is 1.16 bits per heavy atom. The minimum atomic E-state index is -0.769. The van der Waals surface area contributed by atoms with Crippen LogP contribution < -0.4 is 10.2 Å². The number of halogens is 3. The zero-order chi connectivity index (χ0) is 23.3. The summed E-state index contributed by atoms with van der Waals surface area (Å²) in [6.45, 7) is 0.388. The van der Waals surface area contributed by atoms with E-state index in [9.17, 15) is 20.0 Å². The number of hydrogen-bond donors (Lipinski definition) is 2. The molecule has 0 aliphatic heterocycles. The van der Waals surface area contributed by atoms with Crippen LogP contribution in [-0.4, -0.2) is 22.2 Å². The Morgan fingerprint density at radius 3 is 2.44 bits per heavy atom. The molecule has 0 fully saturated rings. The lowest BCUT2D eigenvalue weighted by molar-refractivity contribution is -0.384. The zero-order valence-electron chi connectivity index (χ0n) is 16.1. The summed E-state index contributed by atoms with van der Waals surface area (Å²) in [4.78, 5) is 22.4. The van der Waals surface area contributed by atoms with Crippen LogP contribution in [0.2, 0.25) is 5.02 Å². The fourth-order valence-electron chi connectivity index (χ4n) is 2.57. The highest BCUT2D eigenvalue weighted by atomic mass is 127. The van der Waals surface area contributed by atoms with Crippen LogP contribution in [0.5, 0.6) is 11.5 Å². The summed E-state index contributed by atoms with van der Waals surface area (Å²) < 4.78 is 7.65. The second-order valence-electron chi connectivity index (χ2n) is 6.39. The van der Waals surface area contributed by atoms with E-state index in [0.717, 1.165) is 36.7 Å². The summed E-state index contributed by atoms with van der Waals surface area (Å²) in [6.07, 6.45) is 1.43. The molecule has 2 N–H and O–H groups in total. The number of benzene rings is 3. The molecule has 0 aromatic heterocycles. The number of rotatable bonds is 7. The number of phenolic OH excluding ortho intramolecular Hbond substituents is 1. The number of nitro benzene ring substituents is 1. The van der Waals surface area contributed by atoms with E-state index in [1.807, 2.05) is 24.3 Å². The van der Waals surface area contributed by atoms with Gasteiger partial charge in [0.2, 0.25) is 0 Å². The number of nitrogens with one attached hydrogen (secondary N) is 1. The molecule has 3 aromatic rings. The quantitative estimate of drug-likeness (QED) is 0.148. The lowest BCUT2D eigenvalue weighted by Crippen LogP contribution is -2.18. The number of non-ortho nitro benzene ring substituents is 1. The first-order chi connectivity index (χ1) is 15.2. The number of amides is 1. The summed E-state index contributed by atoms with van der Waals surface area (Å²) in [5.41, 5.74) is 3.40. The normalized spacial score (nSPS) is 10.8. The number of hydrogen-bond acceptors (Lipinski definition) is 6. The van der Waals surface area contributed by atoms with Crippen LogP contribution in [0.4, 0.5) is 5.69 Å². The molecule has 0 atom stereocenters. The Balaban J connectivity index is 1.67. The van der Waals surface area contributed by atoms with Gasteiger partial charge in [-0.05, 0) is 86.6 Å². The van der Waals surface area contributed by atoms with Crippen LogP contribution in [-0.2, 0) is 6.61 Å². The van der Waals surface area contributed by atoms with Gasteiger partial charge < -0.3 is 9.84 Å². The molecule has 1 amide bonds. The third-order valence-electron chi connectivity index (χ3n) is 4.13. The maximum Gasteiger partial charge on any atom is 0.275 e. The molecular weight excluding hydrogens is 664 g/mol. The monoisotopic (exact) mass is 677 g/mol. The van der Waals surface area contributed by atoms with Crippen LogP contribution in [0, 0.1) is 17.3 Å². The van der Waals surface area contributed by atoms with Crippen molar-refractivity contribution in [2.24, 2.45) is 5.10 Å². The van der Waals surface area contributed by atoms with Gasteiger partial charge in [0.05, 0.1) is 23.8 Å². The van der Waals surface area contributed by atoms with Gasteiger partial charge in [-0.1, -0.05) is 23.7 Å². The molecule has 0 unspecified atom stereocenters.